The highest BCUT2D eigenvalue weighted by Crippen LogP contribution is 2.26. The molecule has 0 aliphatic heterocycles. The van der Waals surface area contributed by atoms with Crippen LogP contribution in [-0.4, -0.2) is 30.6 Å². The van der Waals surface area contributed by atoms with Gasteiger partial charge >= 0.3 is 0 Å². The van der Waals surface area contributed by atoms with E-state index in [-0.39, 0.29) is 11.9 Å². The molecule has 0 saturated heterocycles. The minimum absolute atomic E-state index is 0.177. The Morgan fingerprint density at radius 2 is 2.12 bits per heavy atom. The maximum absolute atomic E-state index is 10.9. The number of imidazole rings is 1. The van der Waals surface area contributed by atoms with E-state index < -0.39 is 0 Å². The predicted molar refractivity (Wildman–Crippen MR) is 90.5 cm³/mol. The second-order valence-electron chi connectivity index (χ2n) is 5.72. The molecule has 25 heavy (non-hydrogen) atoms. The van der Waals surface area contributed by atoms with E-state index >= 15 is 0 Å². The standard InChI is InChI=1S/C16H20N6O3/c17-16-19-13(11-6-5-9-25-11)14-15(20-16)22(10-18-14)8-4-2-1-3-7-12(23)21-24/h5-6,9-10,24H,1-4,7-8H2,(H,21,23)(H2,17,19,20). The summed E-state index contributed by atoms with van der Waals surface area (Å²) in [5.74, 6) is 0.431. The Morgan fingerprint density at radius 3 is 2.88 bits per heavy atom. The Morgan fingerprint density at radius 1 is 1.28 bits per heavy atom. The van der Waals surface area contributed by atoms with Gasteiger partial charge in [0.1, 0.15) is 11.2 Å². The second-order valence-corrected chi connectivity index (χ2v) is 5.72. The van der Waals surface area contributed by atoms with E-state index in [4.69, 9.17) is 15.4 Å². The molecule has 0 fully saturated rings. The van der Waals surface area contributed by atoms with E-state index in [1.54, 1.807) is 24.1 Å². The van der Waals surface area contributed by atoms with E-state index in [1.807, 2.05) is 10.6 Å². The average Bonchev–Trinajstić information content (AvgIpc) is 3.27. The highest BCUT2D eigenvalue weighted by molar-refractivity contribution is 5.86. The van der Waals surface area contributed by atoms with E-state index in [1.165, 1.54) is 0 Å². The maximum Gasteiger partial charge on any atom is 0.243 e. The van der Waals surface area contributed by atoms with E-state index in [9.17, 15) is 4.79 Å². The van der Waals surface area contributed by atoms with Crippen LogP contribution in [0.1, 0.15) is 32.1 Å². The van der Waals surface area contributed by atoms with Gasteiger partial charge in [-0.1, -0.05) is 12.8 Å². The summed E-state index contributed by atoms with van der Waals surface area (Å²) in [7, 11) is 0. The molecule has 4 N–H and O–H groups in total. The van der Waals surface area contributed by atoms with E-state index in [0.29, 0.717) is 29.0 Å². The first kappa shape index (κ1) is 16.9. The molecule has 3 heterocycles. The lowest BCUT2D eigenvalue weighted by Crippen LogP contribution is -2.17. The number of carbonyl (C=O) groups is 1. The Bertz CT molecular complexity index is 843. The monoisotopic (exact) mass is 344 g/mol. The number of unbranched alkanes of at least 4 members (excludes halogenated alkanes) is 3. The number of aryl methyl sites for hydroxylation is 1. The van der Waals surface area contributed by atoms with Crippen LogP contribution in [0.5, 0.6) is 0 Å². The molecule has 0 aromatic carbocycles. The lowest BCUT2D eigenvalue weighted by molar-refractivity contribution is -0.129. The number of furan rings is 1. The van der Waals surface area contributed by atoms with Crippen molar-refractivity contribution in [3.63, 3.8) is 0 Å². The molecule has 0 radical (unpaired) electrons. The predicted octanol–water partition coefficient (Wildman–Crippen LogP) is 2.12. The molecule has 0 bridgehead atoms. The Balaban J connectivity index is 1.64. The van der Waals surface area contributed by atoms with Gasteiger partial charge in [-0.3, -0.25) is 10.0 Å². The summed E-state index contributed by atoms with van der Waals surface area (Å²) in [6.07, 6.45) is 7.18. The first-order chi connectivity index (χ1) is 12.2. The van der Waals surface area contributed by atoms with Crippen molar-refractivity contribution < 1.29 is 14.4 Å². The number of nitrogens with two attached hydrogens (primary N) is 1. The van der Waals surface area contributed by atoms with Crippen molar-refractivity contribution in [2.75, 3.05) is 5.73 Å². The van der Waals surface area contributed by atoms with Gasteiger partial charge in [-0.2, -0.15) is 4.98 Å². The van der Waals surface area contributed by atoms with E-state index in [2.05, 4.69) is 15.0 Å². The molecule has 0 atom stereocenters. The van der Waals surface area contributed by atoms with Gasteiger partial charge in [0.25, 0.3) is 0 Å². The van der Waals surface area contributed by atoms with Crippen LogP contribution in [0, 0.1) is 0 Å². The number of hydroxylamine groups is 1. The lowest BCUT2D eigenvalue weighted by Gasteiger charge is -2.05. The quantitative estimate of drug-likeness (QED) is 0.324. The third kappa shape index (κ3) is 3.94. The molecule has 9 heteroatoms. The number of hydrogen-bond acceptors (Lipinski definition) is 7. The number of nitrogens with one attached hydrogen (secondary N) is 1. The minimum atomic E-state index is -0.349. The first-order valence-corrected chi connectivity index (χ1v) is 8.14. The fraction of sp³-hybridized carbons (Fsp3) is 0.375. The number of hydrogen-bond donors (Lipinski definition) is 3. The molecule has 0 saturated carbocycles. The summed E-state index contributed by atoms with van der Waals surface area (Å²) in [4.78, 5) is 23.9. The zero-order valence-corrected chi connectivity index (χ0v) is 13.7. The zero-order chi connectivity index (χ0) is 17.6. The number of amides is 1. The van der Waals surface area contributed by atoms with Crippen LogP contribution in [0.4, 0.5) is 5.95 Å². The van der Waals surface area contributed by atoms with Crippen LogP contribution in [0.15, 0.2) is 29.1 Å². The van der Waals surface area contributed by atoms with Crippen molar-refractivity contribution in [3.05, 3.63) is 24.7 Å². The molecule has 3 aromatic rings. The second kappa shape index (κ2) is 7.75. The SMILES string of the molecule is Nc1nc(-c2ccco2)c2ncn(CCCCCCC(=O)NO)c2n1. The van der Waals surface area contributed by atoms with Gasteiger partial charge in [0.05, 0.1) is 12.6 Å². The first-order valence-electron chi connectivity index (χ1n) is 8.14. The van der Waals surface area contributed by atoms with Gasteiger partial charge in [-0.25, -0.2) is 15.4 Å². The molecule has 3 aromatic heterocycles. The van der Waals surface area contributed by atoms with Crippen LogP contribution in [0.25, 0.3) is 22.6 Å². The highest BCUT2D eigenvalue weighted by atomic mass is 16.5. The maximum atomic E-state index is 10.9. The average molecular weight is 344 g/mol. The van der Waals surface area contributed by atoms with Crippen molar-refractivity contribution in [2.24, 2.45) is 0 Å². The number of nitrogens with zero attached hydrogens (tertiary/aromatic N) is 4. The minimum Gasteiger partial charge on any atom is -0.463 e. The van der Waals surface area contributed by atoms with Crippen molar-refractivity contribution in [2.45, 2.75) is 38.6 Å². The van der Waals surface area contributed by atoms with Gasteiger partial charge in [0, 0.05) is 13.0 Å². The third-order valence-corrected chi connectivity index (χ3v) is 3.91. The largest absolute Gasteiger partial charge is 0.463 e. The number of aromatic nitrogens is 4. The summed E-state index contributed by atoms with van der Waals surface area (Å²) in [5.41, 5.74) is 9.39. The van der Waals surface area contributed by atoms with Crippen molar-refractivity contribution in [3.8, 4) is 11.5 Å². The fourth-order valence-electron chi connectivity index (χ4n) is 2.69. The summed E-state index contributed by atoms with van der Waals surface area (Å²) in [5, 5.41) is 8.44. The molecule has 0 aliphatic rings. The number of fused-ring (bicyclic) bond motifs is 1. The number of carbonyl (C=O) groups excluding carboxylic acids is 1. The smallest absolute Gasteiger partial charge is 0.243 e. The van der Waals surface area contributed by atoms with Gasteiger partial charge in [-0.15, -0.1) is 0 Å². The molecule has 132 valence electrons. The van der Waals surface area contributed by atoms with Crippen LogP contribution < -0.4 is 11.2 Å². The molecule has 0 spiro atoms. The Labute approximate surface area is 143 Å². The Hall–Kier alpha value is -2.94. The third-order valence-electron chi connectivity index (χ3n) is 3.91. The summed E-state index contributed by atoms with van der Waals surface area (Å²) >= 11 is 0. The lowest BCUT2D eigenvalue weighted by atomic mass is 10.1. The zero-order valence-electron chi connectivity index (χ0n) is 13.7. The summed E-state index contributed by atoms with van der Waals surface area (Å²) in [6.45, 7) is 0.747. The van der Waals surface area contributed by atoms with Crippen LogP contribution >= 0.6 is 0 Å². The van der Waals surface area contributed by atoms with Gasteiger partial charge in [0.2, 0.25) is 11.9 Å². The highest BCUT2D eigenvalue weighted by Gasteiger charge is 2.15. The molecule has 3 rings (SSSR count). The molecule has 0 unspecified atom stereocenters. The summed E-state index contributed by atoms with van der Waals surface area (Å²) < 4.78 is 7.35. The Kier molecular flexibility index (Phi) is 5.24. The van der Waals surface area contributed by atoms with Crippen molar-refractivity contribution in [1.82, 2.24) is 25.0 Å². The van der Waals surface area contributed by atoms with Gasteiger partial charge in [-0.05, 0) is 25.0 Å². The van der Waals surface area contributed by atoms with Crippen LogP contribution in [0.3, 0.4) is 0 Å². The van der Waals surface area contributed by atoms with E-state index in [0.717, 1.165) is 32.2 Å². The molecular formula is C16H20N6O3. The number of nitrogen functional groups attached to an aromatic ring is 1. The number of rotatable bonds is 8. The van der Waals surface area contributed by atoms with Crippen LogP contribution in [-0.2, 0) is 11.3 Å². The summed E-state index contributed by atoms with van der Waals surface area (Å²) in [6, 6.07) is 3.59. The number of anilines is 1. The molecule has 0 aliphatic carbocycles. The van der Waals surface area contributed by atoms with Crippen molar-refractivity contribution >= 4 is 23.0 Å². The topological polar surface area (TPSA) is 132 Å². The van der Waals surface area contributed by atoms with Gasteiger partial charge < -0.3 is 14.7 Å². The van der Waals surface area contributed by atoms with Crippen molar-refractivity contribution in [1.29, 1.82) is 0 Å². The van der Waals surface area contributed by atoms with Gasteiger partial charge in [0.15, 0.2) is 11.4 Å². The normalized spacial score (nSPS) is 11.1. The fourth-order valence-corrected chi connectivity index (χ4v) is 2.69. The molecule has 1 amide bonds. The molecule has 9 nitrogen and oxygen atoms in total. The van der Waals surface area contributed by atoms with Crippen LogP contribution in [0.2, 0.25) is 0 Å². The molecular weight excluding hydrogens is 324 g/mol.